The summed E-state index contributed by atoms with van der Waals surface area (Å²) < 4.78 is 39.4. The molecule has 1 saturated heterocycles. The first-order valence-corrected chi connectivity index (χ1v) is 12.7. The predicted octanol–water partition coefficient (Wildman–Crippen LogP) is 7.28. The van der Waals surface area contributed by atoms with E-state index >= 15 is 0 Å². The van der Waals surface area contributed by atoms with Gasteiger partial charge in [-0.05, 0) is 66.8 Å². The first-order chi connectivity index (χ1) is 17.1. The van der Waals surface area contributed by atoms with E-state index in [-0.39, 0.29) is 17.8 Å². The summed E-state index contributed by atoms with van der Waals surface area (Å²) in [5.41, 5.74) is 3.53. The highest BCUT2D eigenvalue weighted by molar-refractivity contribution is 5.85. The fourth-order valence-corrected chi connectivity index (χ4v) is 5.86. The summed E-state index contributed by atoms with van der Waals surface area (Å²) in [5, 5.41) is 11.1. The summed E-state index contributed by atoms with van der Waals surface area (Å²) in [5.74, 6) is 0. The van der Waals surface area contributed by atoms with Gasteiger partial charge in [0, 0.05) is 36.4 Å². The third-order valence-corrected chi connectivity index (χ3v) is 8.00. The van der Waals surface area contributed by atoms with Crippen LogP contribution in [0.5, 0.6) is 0 Å². The van der Waals surface area contributed by atoms with Gasteiger partial charge in [0.25, 0.3) is 0 Å². The third kappa shape index (κ3) is 5.25. The topological polar surface area (TPSA) is 26.7 Å². The van der Waals surface area contributed by atoms with Crippen molar-refractivity contribution in [2.24, 2.45) is 0 Å². The molecule has 0 spiro atoms. The van der Waals surface area contributed by atoms with E-state index in [9.17, 15) is 18.3 Å². The van der Waals surface area contributed by atoms with Gasteiger partial charge >= 0.3 is 6.18 Å². The van der Waals surface area contributed by atoms with E-state index in [1.807, 2.05) is 0 Å². The molecule has 0 aliphatic carbocycles. The molecule has 0 amide bonds. The molecule has 7 heteroatoms. The van der Waals surface area contributed by atoms with Crippen molar-refractivity contribution in [3.8, 4) is 0 Å². The number of aliphatic hydroxyl groups is 1. The van der Waals surface area contributed by atoms with Gasteiger partial charge in [-0.3, -0.25) is 0 Å². The molecule has 0 atom stereocenters. The Kier molecular flexibility index (Phi) is 7.67. The van der Waals surface area contributed by atoms with E-state index in [4.69, 9.17) is 0 Å². The number of hydrogen-bond donors (Lipinski definition) is 1. The van der Waals surface area contributed by atoms with Gasteiger partial charge in [0.1, 0.15) is 0 Å². The molecule has 2 aliphatic rings. The number of hydrogen-bond acceptors (Lipinski definition) is 3. The molecule has 0 radical (unpaired) electrons. The summed E-state index contributed by atoms with van der Waals surface area (Å²) in [6.45, 7) is 7.63. The maximum atomic E-state index is 13.1. The van der Waals surface area contributed by atoms with E-state index in [1.54, 1.807) is 6.07 Å². The van der Waals surface area contributed by atoms with Crippen molar-refractivity contribution in [1.82, 2.24) is 4.90 Å². The Morgan fingerprint density at radius 1 is 0.811 bits per heavy atom. The lowest BCUT2D eigenvalue weighted by Crippen LogP contribution is -2.43. The number of nitrogens with zero attached hydrogens (tertiary/aromatic N) is 2. The van der Waals surface area contributed by atoms with Crippen molar-refractivity contribution in [3.05, 3.63) is 95.1 Å². The number of rotatable bonds is 5. The number of anilines is 2. The van der Waals surface area contributed by atoms with Crippen LogP contribution in [0.2, 0.25) is 0 Å². The van der Waals surface area contributed by atoms with Crippen LogP contribution in [-0.2, 0) is 17.2 Å². The third-order valence-electron chi connectivity index (χ3n) is 8.00. The quantitative estimate of drug-likeness (QED) is 0.375. The lowest BCUT2D eigenvalue weighted by molar-refractivity contribution is -0.137. The van der Waals surface area contributed by atoms with E-state index in [0.29, 0.717) is 31.5 Å². The molecule has 0 saturated carbocycles. The second-order valence-corrected chi connectivity index (χ2v) is 10.6. The summed E-state index contributed by atoms with van der Waals surface area (Å²) in [7, 11) is 0. The van der Waals surface area contributed by atoms with Gasteiger partial charge in [0.05, 0.1) is 11.2 Å². The van der Waals surface area contributed by atoms with Gasteiger partial charge in [-0.25, -0.2) is 0 Å². The number of para-hydroxylation sites is 2. The highest BCUT2D eigenvalue weighted by atomic mass is 35.5. The molecule has 5 rings (SSSR count). The van der Waals surface area contributed by atoms with Crippen molar-refractivity contribution in [2.45, 2.75) is 50.3 Å². The average Bonchev–Trinajstić information content (AvgIpc) is 2.87. The Balaban J connectivity index is 0.00000320. The second-order valence-electron chi connectivity index (χ2n) is 10.6. The molecule has 0 unspecified atom stereocenters. The first-order valence-electron chi connectivity index (χ1n) is 12.7. The number of piperidine rings is 1. The minimum atomic E-state index is -4.41. The number of fused-ring (bicyclic) bond motifs is 2. The summed E-state index contributed by atoms with van der Waals surface area (Å²) in [6.07, 6.45) is -2.60. The van der Waals surface area contributed by atoms with Crippen LogP contribution in [0.3, 0.4) is 0 Å². The lowest BCUT2D eigenvalue weighted by atomic mass is 9.73. The van der Waals surface area contributed by atoms with Gasteiger partial charge in [0.2, 0.25) is 0 Å². The number of alkyl halides is 3. The Morgan fingerprint density at radius 3 is 1.95 bits per heavy atom. The van der Waals surface area contributed by atoms with Crippen molar-refractivity contribution in [2.75, 3.05) is 31.1 Å². The number of benzene rings is 3. The van der Waals surface area contributed by atoms with Crippen LogP contribution in [0.25, 0.3) is 0 Å². The standard InChI is InChI=1S/C30H33F3N2O.ClH/c1-28(2)24-11-3-5-13-26(24)35(27-14-6-4-12-25(27)28)18-8-17-34-19-15-29(36,16-20-34)22-9-7-10-23(21-22)30(31,32)33;/h3-7,9-14,21,36H,8,15-20H2,1-2H3;1H. The van der Waals surface area contributed by atoms with E-state index in [1.165, 1.54) is 28.6 Å². The average molecular weight is 531 g/mol. The van der Waals surface area contributed by atoms with Crippen LogP contribution < -0.4 is 4.90 Å². The molecular formula is C30H34ClF3N2O. The Labute approximate surface area is 223 Å². The van der Waals surface area contributed by atoms with Gasteiger partial charge in [-0.15, -0.1) is 12.4 Å². The lowest BCUT2D eigenvalue weighted by Gasteiger charge is -2.42. The molecule has 37 heavy (non-hydrogen) atoms. The van der Waals surface area contributed by atoms with Crippen molar-refractivity contribution < 1.29 is 18.3 Å². The molecule has 0 aromatic heterocycles. The molecular weight excluding hydrogens is 497 g/mol. The van der Waals surface area contributed by atoms with Gasteiger partial charge < -0.3 is 14.9 Å². The molecule has 0 bridgehead atoms. The van der Waals surface area contributed by atoms with Gasteiger partial charge in [-0.2, -0.15) is 13.2 Å². The fourth-order valence-electron chi connectivity index (χ4n) is 5.86. The SMILES string of the molecule is CC1(C)c2ccccc2N(CCCN2CCC(O)(c3cccc(C(F)(F)F)c3)CC2)c2ccccc21.Cl. The molecule has 2 heterocycles. The maximum absolute atomic E-state index is 13.1. The Hall–Kier alpha value is -2.54. The van der Waals surface area contributed by atoms with E-state index in [0.717, 1.165) is 31.6 Å². The first kappa shape index (κ1) is 27.5. The highest BCUT2D eigenvalue weighted by Gasteiger charge is 2.38. The largest absolute Gasteiger partial charge is 0.416 e. The number of halogens is 4. The van der Waals surface area contributed by atoms with Crippen LogP contribution in [0, 0.1) is 0 Å². The zero-order chi connectivity index (χ0) is 25.6. The van der Waals surface area contributed by atoms with Gasteiger partial charge in [0.15, 0.2) is 0 Å². The second kappa shape index (κ2) is 10.3. The minimum Gasteiger partial charge on any atom is -0.385 e. The normalized spacial score (nSPS) is 18.5. The monoisotopic (exact) mass is 530 g/mol. The molecule has 3 aromatic rings. The van der Waals surface area contributed by atoms with E-state index < -0.39 is 17.3 Å². The van der Waals surface area contributed by atoms with Crippen molar-refractivity contribution >= 4 is 23.8 Å². The van der Waals surface area contributed by atoms with Crippen LogP contribution in [0.4, 0.5) is 24.5 Å². The van der Waals surface area contributed by atoms with Crippen molar-refractivity contribution in [3.63, 3.8) is 0 Å². The van der Waals surface area contributed by atoms with Crippen LogP contribution >= 0.6 is 12.4 Å². The Morgan fingerprint density at radius 2 is 1.38 bits per heavy atom. The predicted molar refractivity (Wildman–Crippen MR) is 145 cm³/mol. The molecule has 2 aliphatic heterocycles. The van der Waals surface area contributed by atoms with Crippen LogP contribution in [0.15, 0.2) is 72.8 Å². The summed E-state index contributed by atoms with van der Waals surface area (Å²) in [6, 6.07) is 22.4. The Bertz CT molecular complexity index is 1190. The van der Waals surface area contributed by atoms with Gasteiger partial charge in [-0.1, -0.05) is 62.4 Å². The minimum absolute atomic E-state index is 0. The van der Waals surface area contributed by atoms with Crippen molar-refractivity contribution in [1.29, 1.82) is 0 Å². The summed E-state index contributed by atoms with van der Waals surface area (Å²) >= 11 is 0. The number of likely N-dealkylation sites (tertiary alicyclic amines) is 1. The summed E-state index contributed by atoms with van der Waals surface area (Å²) in [4.78, 5) is 4.73. The molecule has 3 nitrogen and oxygen atoms in total. The van der Waals surface area contributed by atoms with Crippen LogP contribution in [-0.4, -0.2) is 36.2 Å². The molecule has 198 valence electrons. The zero-order valence-corrected chi connectivity index (χ0v) is 22.1. The molecule has 1 N–H and O–H groups in total. The smallest absolute Gasteiger partial charge is 0.385 e. The fraction of sp³-hybridized carbons (Fsp3) is 0.400. The zero-order valence-electron chi connectivity index (χ0n) is 21.3. The van der Waals surface area contributed by atoms with E-state index in [2.05, 4.69) is 72.2 Å². The van der Waals surface area contributed by atoms with Crippen LogP contribution in [0.1, 0.15) is 55.4 Å². The maximum Gasteiger partial charge on any atom is 0.416 e. The molecule has 1 fully saturated rings. The molecule has 3 aromatic carbocycles. The highest BCUT2D eigenvalue weighted by Crippen LogP contribution is 2.48.